The van der Waals surface area contributed by atoms with Crippen LogP contribution in [0, 0.1) is 0 Å². The standard InChI is InChI=1S/C19H21ClO3/c1-6-12(2)18(22)11-19(23-5,17(21)13(3)14(18)4)15-7-9-16(20)10-8-15/h7-10,22H,1,11H2,2-5H3/t18-,19+/m0/s1. The predicted octanol–water partition coefficient (Wildman–Crippen LogP) is 3.95. The molecule has 1 aliphatic rings. The lowest BCUT2D eigenvalue weighted by atomic mass is 9.66. The Kier molecular flexibility index (Phi) is 4.70. The van der Waals surface area contributed by atoms with Gasteiger partial charge in [-0.2, -0.15) is 0 Å². The molecule has 0 saturated heterocycles. The van der Waals surface area contributed by atoms with Gasteiger partial charge in [0.25, 0.3) is 0 Å². The van der Waals surface area contributed by atoms with E-state index in [2.05, 4.69) is 12.3 Å². The van der Waals surface area contributed by atoms with E-state index in [1.807, 2.05) is 0 Å². The summed E-state index contributed by atoms with van der Waals surface area (Å²) in [6.45, 7) is 8.85. The average molecular weight is 333 g/mol. The van der Waals surface area contributed by atoms with Crippen LogP contribution in [0.3, 0.4) is 0 Å². The summed E-state index contributed by atoms with van der Waals surface area (Å²) < 4.78 is 5.68. The van der Waals surface area contributed by atoms with Crippen molar-refractivity contribution in [2.24, 2.45) is 0 Å². The van der Waals surface area contributed by atoms with Gasteiger partial charge in [0, 0.05) is 24.1 Å². The highest BCUT2D eigenvalue weighted by molar-refractivity contribution is 6.30. The molecule has 0 aliphatic heterocycles. The zero-order chi connectivity index (χ0) is 17.4. The molecule has 0 unspecified atom stereocenters. The first-order valence-corrected chi connectivity index (χ1v) is 7.74. The van der Waals surface area contributed by atoms with Crippen molar-refractivity contribution in [1.82, 2.24) is 0 Å². The van der Waals surface area contributed by atoms with Crippen molar-refractivity contribution in [3.8, 4) is 0 Å². The summed E-state index contributed by atoms with van der Waals surface area (Å²) in [6.07, 6.45) is 0.0779. The Hall–Kier alpha value is -1.64. The molecule has 0 fully saturated rings. The van der Waals surface area contributed by atoms with Gasteiger partial charge in [0.1, 0.15) is 5.60 Å². The van der Waals surface area contributed by atoms with Crippen molar-refractivity contribution in [3.63, 3.8) is 0 Å². The van der Waals surface area contributed by atoms with E-state index in [9.17, 15) is 9.90 Å². The minimum Gasteiger partial charge on any atom is -0.380 e. The molecule has 3 nitrogen and oxygen atoms in total. The summed E-state index contributed by atoms with van der Waals surface area (Å²) >= 11 is 5.95. The smallest absolute Gasteiger partial charge is 0.195 e. The number of hydrogen-bond acceptors (Lipinski definition) is 3. The minimum absolute atomic E-state index is 0.0779. The maximum absolute atomic E-state index is 13.0. The van der Waals surface area contributed by atoms with Gasteiger partial charge in [0.05, 0.1) is 0 Å². The number of methoxy groups -OCH3 is 1. The van der Waals surface area contributed by atoms with Gasteiger partial charge in [-0.3, -0.25) is 4.79 Å². The van der Waals surface area contributed by atoms with Gasteiger partial charge in [-0.15, -0.1) is 5.73 Å². The quantitative estimate of drug-likeness (QED) is 0.852. The Bertz CT molecular complexity index is 725. The fourth-order valence-corrected chi connectivity index (χ4v) is 3.28. The Morgan fingerprint density at radius 3 is 2.39 bits per heavy atom. The molecular formula is C19H21ClO3. The normalized spacial score (nSPS) is 27.8. The van der Waals surface area contributed by atoms with Gasteiger partial charge in [-0.1, -0.05) is 30.3 Å². The second kappa shape index (κ2) is 6.10. The Balaban J connectivity index is 2.73. The number of halogens is 1. The molecule has 2 atom stereocenters. The molecule has 0 spiro atoms. The van der Waals surface area contributed by atoms with Crippen LogP contribution in [0.25, 0.3) is 0 Å². The molecule has 1 aliphatic carbocycles. The van der Waals surface area contributed by atoms with Crippen molar-refractivity contribution < 1.29 is 14.6 Å². The van der Waals surface area contributed by atoms with Gasteiger partial charge >= 0.3 is 0 Å². The van der Waals surface area contributed by atoms with Gasteiger partial charge in [0.15, 0.2) is 11.4 Å². The second-order valence-electron chi connectivity index (χ2n) is 5.96. The molecule has 0 radical (unpaired) electrons. The molecule has 0 amide bonds. The number of ketones is 1. The van der Waals surface area contributed by atoms with E-state index in [0.29, 0.717) is 27.3 Å². The number of ether oxygens (including phenoxy) is 1. The van der Waals surface area contributed by atoms with E-state index >= 15 is 0 Å². The number of aliphatic hydroxyl groups is 1. The zero-order valence-corrected chi connectivity index (χ0v) is 14.6. The van der Waals surface area contributed by atoms with Crippen LogP contribution in [0.1, 0.15) is 32.8 Å². The highest BCUT2D eigenvalue weighted by atomic mass is 35.5. The third-order valence-corrected chi connectivity index (χ3v) is 5.19. The molecular weight excluding hydrogens is 312 g/mol. The summed E-state index contributed by atoms with van der Waals surface area (Å²) in [7, 11) is 1.48. The van der Waals surface area contributed by atoms with Gasteiger partial charge in [0.2, 0.25) is 0 Å². The molecule has 23 heavy (non-hydrogen) atoms. The SMILES string of the molecule is C=C=C(C)[C@@]1(O)C[C@@](OC)(c2ccc(Cl)cc2)C(=O)C(C)=C1C. The van der Waals surface area contributed by atoms with Crippen LogP contribution in [-0.2, 0) is 15.1 Å². The lowest BCUT2D eigenvalue weighted by Crippen LogP contribution is -2.52. The van der Waals surface area contributed by atoms with Crippen molar-refractivity contribution in [2.45, 2.75) is 38.4 Å². The van der Waals surface area contributed by atoms with Gasteiger partial charge in [-0.25, -0.2) is 0 Å². The minimum atomic E-state index is -1.32. The fourth-order valence-electron chi connectivity index (χ4n) is 3.15. The van der Waals surface area contributed by atoms with E-state index in [1.54, 1.807) is 45.0 Å². The molecule has 0 aromatic heterocycles. The maximum Gasteiger partial charge on any atom is 0.195 e. The van der Waals surface area contributed by atoms with Crippen LogP contribution >= 0.6 is 11.6 Å². The molecule has 0 saturated carbocycles. The van der Waals surface area contributed by atoms with Gasteiger partial charge in [-0.05, 0) is 49.6 Å². The molecule has 0 bridgehead atoms. The summed E-state index contributed by atoms with van der Waals surface area (Å²) in [5.41, 5.74) is 2.50. The number of carbonyl (C=O) groups excluding carboxylic acids is 1. The van der Waals surface area contributed by atoms with E-state index in [-0.39, 0.29) is 12.2 Å². The third-order valence-electron chi connectivity index (χ3n) is 4.94. The van der Waals surface area contributed by atoms with Crippen molar-refractivity contribution >= 4 is 17.4 Å². The highest BCUT2D eigenvalue weighted by Gasteiger charge is 2.53. The van der Waals surface area contributed by atoms with Crippen LogP contribution in [0.4, 0.5) is 0 Å². The van der Waals surface area contributed by atoms with Crippen LogP contribution in [0.15, 0.2) is 53.3 Å². The number of Topliss-reactive ketones (excluding diaryl/α,β-unsaturated/α-hetero) is 1. The van der Waals surface area contributed by atoms with Crippen molar-refractivity contribution in [1.29, 1.82) is 0 Å². The summed E-state index contributed by atoms with van der Waals surface area (Å²) in [5, 5.41) is 11.8. The monoisotopic (exact) mass is 332 g/mol. The predicted molar refractivity (Wildman–Crippen MR) is 91.4 cm³/mol. The van der Waals surface area contributed by atoms with Crippen molar-refractivity contribution in [2.75, 3.05) is 7.11 Å². The molecule has 4 heteroatoms. The third kappa shape index (κ3) is 2.60. The molecule has 0 heterocycles. The fraction of sp³-hybridized carbons (Fsp3) is 0.368. The van der Waals surface area contributed by atoms with E-state index < -0.39 is 11.2 Å². The molecule has 1 aromatic carbocycles. The Labute approximate surface area is 141 Å². The van der Waals surface area contributed by atoms with E-state index in [4.69, 9.17) is 16.3 Å². The number of rotatable bonds is 3. The molecule has 2 rings (SSSR count). The number of hydrogen-bond donors (Lipinski definition) is 1. The zero-order valence-electron chi connectivity index (χ0n) is 13.9. The first-order chi connectivity index (χ1) is 10.7. The molecule has 1 N–H and O–H groups in total. The average Bonchev–Trinajstić information content (AvgIpc) is 2.56. The first-order valence-electron chi connectivity index (χ1n) is 7.36. The van der Waals surface area contributed by atoms with Crippen LogP contribution < -0.4 is 0 Å². The highest BCUT2D eigenvalue weighted by Crippen LogP contribution is 2.47. The maximum atomic E-state index is 13.0. The van der Waals surface area contributed by atoms with E-state index in [0.717, 1.165) is 0 Å². The second-order valence-corrected chi connectivity index (χ2v) is 6.39. The molecule has 122 valence electrons. The van der Waals surface area contributed by atoms with E-state index in [1.165, 1.54) is 7.11 Å². The largest absolute Gasteiger partial charge is 0.380 e. The number of benzene rings is 1. The summed E-state index contributed by atoms with van der Waals surface area (Å²) in [4.78, 5) is 13.0. The van der Waals surface area contributed by atoms with Crippen LogP contribution in [0.2, 0.25) is 5.02 Å². The number of carbonyl (C=O) groups is 1. The Morgan fingerprint density at radius 2 is 1.91 bits per heavy atom. The Morgan fingerprint density at radius 1 is 1.35 bits per heavy atom. The first kappa shape index (κ1) is 17.7. The van der Waals surface area contributed by atoms with Crippen LogP contribution in [0.5, 0.6) is 0 Å². The lowest BCUT2D eigenvalue weighted by molar-refractivity contribution is -0.147. The van der Waals surface area contributed by atoms with Crippen molar-refractivity contribution in [3.05, 3.63) is 63.9 Å². The lowest BCUT2D eigenvalue weighted by Gasteiger charge is -2.44. The molecule has 1 aromatic rings. The topological polar surface area (TPSA) is 46.5 Å². The van der Waals surface area contributed by atoms with Gasteiger partial charge < -0.3 is 9.84 Å². The van der Waals surface area contributed by atoms with Crippen LogP contribution in [-0.4, -0.2) is 23.6 Å². The summed E-state index contributed by atoms with van der Waals surface area (Å²) in [5.74, 6) is -0.152. The summed E-state index contributed by atoms with van der Waals surface area (Å²) in [6, 6.07) is 6.93.